The molecule has 6 aromatic carbocycles. The van der Waals surface area contributed by atoms with Crippen molar-refractivity contribution in [3.63, 3.8) is 0 Å². The van der Waals surface area contributed by atoms with Gasteiger partial charge in [-0.25, -0.2) is 9.97 Å². The number of nitrogens with zero attached hydrogens (tertiary/aromatic N) is 3. The summed E-state index contributed by atoms with van der Waals surface area (Å²) in [5.74, 6) is 0.706. The van der Waals surface area contributed by atoms with Crippen molar-refractivity contribution in [1.29, 1.82) is 0 Å². The molecule has 0 radical (unpaired) electrons. The molecule has 44 heavy (non-hydrogen) atoms. The molecule has 0 aliphatic heterocycles. The number of rotatable bonds is 5. The van der Waals surface area contributed by atoms with Gasteiger partial charge in [0.15, 0.2) is 5.82 Å². The predicted molar refractivity (Wildman–Crippen MR) is 182 cm³/mol. The zero-order valence-corrected chi connectivity index (χ0v) is 23.9. The van der Waals surface area contributed by atoms with E-state index in [1.807, 2.05) is 12.3 Å². The van der Waals surface area contributed by atoms with Gasteiger partial charge in [-0.2, -0.15) is 0 Å². The molecule has 0 amide bonds. The summed E-state index contributed by atoms with van der Waals surface area (Å²) in [6.07, 6.45) is 3.69. The maximum atomic E-state index is 5.19. The Hall–Kier alpha value is -5.93. The Morgan fingerprint density at radius 2 is 0.955 bits per heavy atom. The molecule has 0 saturated heterocycles. The van der Waals surface area contributed by atoms with Crippen LogP contribution in [0.5, 0.6) is 0 Å². The maximum Gasteiger partial charge on any atom is 0.161 e. The Kier molecular flexibility index (Phi) is 6.47. The molecule has 3 heteroatoms. The van der Waals surface area contributed by atoms with Crippen LogP contribution in [0.2, 0.25) is 0 Å². The Labute approximate surface area is 256 Å². The molecule has 0 bridgehead atoms. The van der Waals surface area contributed by atoms with Gasteiger partial charge < -0.3 is 0 Å². The molecule has 0 saturated carbocycles. The summed E-state index contributed by atoms with van der Waals surface area (Å²) < 4.78 is 0. The van der Waals surface area contributed by atoms with Crippen molar-refractivity contribution in [1.82, 2.24) is 15.0 Å². The largest absolute Gasteiger partial charge is 0.264 e. The summed E-state index contributed by atoms with van der Waals surface area (Å²) in [6.45, 7) is 0. The van der Waals surface area contributed by atoms with E-state index >= 15 is 0 Å². The van der Waals surface area contributed by atoms with Gasteiger partial charge in [0.05, 0.1) is 11.4 Å². The van der Waals surface area contributed by atoms with E-state index in [0.717, 1.165) is 55.5 Å². The summed E-state index contributed by atoms with van der Waals surface area (Å²) >= 11 is 0. The van der Waals surface area contributed by atoms with Crippen LogP contribution < -0.4 is 0 Å². The molecule has 0 fully saturated rings. The third kappa shape index (κ3) is 4.91. The van der Waals surface area contributed by atoms with Crippen LogP contribution in [0.25, 0.3) is 77.7 Å². The SMILES string of the molecule is c1cncc(-c2cccc(-c3cc(-c4cccc(-c5ccc6ccccc6c5)c4)nc(-c4cccc5ccccc45)n3)c2)c1. The van der Waals surface area contributed by atoms with Crippen molar-refractivity contribution >= 4 is 21.5 Å². The van der Waals surface area contributed by atoms with Gasteiger partial charge in [0.25, 0.3) is 0 Å². The van der Waals surface area contributed by atoms with Crippen LogP contribution in [0, 0.1) is 0 Å². The second-order valence-corrected chi connectivity index (χ2v) is 11.0. The van der Waals surface area contributed by atoms with Crippen LogP contribution in [0.4, 0.5) is 0 Å². The lowest BCUT2D eigenvalue weighted by atomic mass is 9.97. The van der Waals surface area contributed by atoms with Crippen LogP contribution in [0.1, 0.15) is 0 Å². The molecular formula is C41H27N3. The third-order valence-corrected chi connectivity index (χ3v) is 8.15. The fraction of sp³-hybridized carbons (Fsp3) is 0. The molecule has 0 spiro atoms. The van der Waals surface area contributed by atoms with Crippen molar-refractivity contribution in [3.8, 4) is 56.2 Å². The lowest BCUT2D eigenvalue weighted by molar-refractivity contribution is 1.19. The first-order chi connectivity index (χ1) is 21.8. The molecule has 2 heterocycles. The van der Waals surface area contributed by atoms with Crippen LogP contribution in [0.3, 0.4) is 0 Å². The summed E-state index contributed by atoms with van der Waals surface area (Å²) in [5.41, 5.74) is 9.34. The first-order valence-corrected chi connectivity index (χ1v) is 14.8. The molecule has 0 N–H and O–H groups in total. The number of aromatic nitrogens is 3. The van der Waals surface area contributed by atoms with E-state index in [1.165, 1.54) is 16.3 Å². The highest BCUT2D eigenvalue weighted by Crippen LogP contribution is 2.34. The molecule has 0 aliphatic rings. The first kappa shape index (κ1) is 25.8. The van der Waals surface area contributed by atoms with Crippen LogP contribution in [-0.2, 0) is 0 Å². The quantitative estimate of drug-likeness (QED) is 0.210. The van der Waals surface area contributed by atoms with Crippen molar-refractivity contribution < 1.29 is 0 Å². The molecule has 0 atom stereocenters. The topological polar surface area (TPSA) is 38.7 Å². The van der Waals surface area contributed by atoms with E-state index in [1.54, 1.807) is 6.20 Å². The standard InChI is InChI=1S/C41H27N3/c1-2-11-30-23-33(21-20-28(30)9-1)31-13-5-15-34(24-31)39-26-40(35-16-6-14-32(25-35)36-17-8-22-42-27-36)44-41(43-39)38-19-7-12-29-10-3-4-18-37(29)38/h1-27H. The Morgan fingerprint density at radius 3 is 1.70 bits per heavy atom. The Bertz CT molecular complexity index is 2280. The molecule has 8 aromatic rings. The Morgan fingerprint density at radius 1 is 0.364 bits per heavy atom. The highest BCUT2D eigenvalue weighted by atomic mass is 14.9. The van der Waals surface area contributed by atoms with Gasteiger partial charge in [-0.15, -0.1) is 0 Å². The summed E-state index contributed by atoms with van der Waals surface area (Å²) in [4.78, 5) is 14.7. The van der Waals surface area contributed by atoms with Gasteiger partial charge in [0.1, 0.15) is 0 Å². The van der Waals surface area contributed by atoms with Crippen molar-refractivity contribution in [3.05, 3.63) is 164 Å². The molecule has 2 aromatic heterocycles. The van der Waals surface area contributed by atoms with E-state index < -0.39 is 0 Å². The van der Waals surface area contributed by atoms with Gasteiger partial charge >= 0.3 is 0 Å². The number of pyridine rings is 1. The van der Waals surface area contributed by atoms with Gasteiger partial charge in [0, 0.05) is 34.6 Å². The average Bonchev–Trinajstić information content (AvgIpc) is 3.11. The van der Waals surface area contributed by atoms with Gasteiger partial charge in [-0.1, -0.05) is 121 Å². The second-order valence-electron chi connectivity index (χ2n) is 11.0. The van der Waals surface area contributed by atoms with Crippen molar-refractivity contribution in [2.45, 2.75) is 0 Å². The van der Waals surface area contributed by atoms with E-state index in [-0.39, 0.29) is 0 Å². The number of benzene rings is 6. The van der Waals surface area contributed by atoms with E-state index in [4.69, 9.17) is 9.97 Å². The average molecular weight is 562 g/mol. The van der Waals surface area contributed by atoms with Crippen molar-refractivity contribution in [2.24, 2.45) is 0 Å². The van der Waals surface area contributed by atoms with Crippen LogP contribution in [0.15, 0.2) is 164 Å². The fourth-order valence-corrected chi connectivity index (χ4v) is 5.90. The summed E-state index contributed by atoms with van der Waals surface area (Å²) in [5, 5.41) is 4.76. The molecule has 3 nitrogen and oxygen atoms in total. The minimum absolute atomic E-state index is 0.706. The summed E-state index contributed by atoms with van der Waals surface area (Å²) in [7, 11) is 0. The minimum Gasteiger partial charge on any atom is -0.264 e. The summed E-state index contributed by atoms with van der Waals surface area (Å²) in [6, 6.07) is 53.1. The zero-order chi connectivity index (χ0) is 29.3. The predicted octanol–water partition coefficient (Wildman–Crippen LogP) is 10.5. The normalized spacial score (nSPS) is 11.2. The first-order valence-electron chi connectivity index (χ1n) is 14.8. The van der Waals surface area contributed by atoms with Gasteiger partial charge in [0.2, 0.25) is 0 Å². The van der Waals surface area contributed by atoms with Gasteiger partial charge in [-0.05, 0) is 68.6 Å². The molecule has 0 unspecified atom stereocenters. The number of hydrogen-bond donors (Lipinski definition) is 0. The Balaban J connectivity index is 1.30. The minimum atomic E-state index is 0.706. The monoisotopic (exact) mass is 561 g/mol. The molecule has 8 rings (SSSR count). The highest BCUT2D eigenvalue weighted by molar-refractivity contribution is 5.95. The third-order valence-electron chi connectivity index (χ3n) is 8.15. The molecule has 206 valence electrons. The lowest BCUT2D eigenvalue weighted by Gasteiger charge is -2.13. The zero-order valence-electron chi connectivity index (χ0n) is 23.9. The van der Waals surface area contributed by atoms with Crippen LogP contribution >= 0.6 is 0 Å². The van der Waals surface area contributed by atoms with Gasteiger partial charge in [-0.3, -0.25) is 4.98 Å². The van der Waals surface area contributed by atoms with Crippen LogP contribution in [-0.4, -0.2) is 15.0 Å². The van der Waals surface area contributed by atoms with E-state index in [2.05, 4.69) is 151 Å². The van der Waals surface area contributed by atoms with Crippen molar-refractivity contribution in [2.75, 3.05) is 0 Å². The lowest BCUT2D eigenvalue weighted by Crippen LogP contribution is -1.97. The molecular weight excluding hydrogens is 534 g/mol. The maximum absolute atomic E-state index is 5.19. The van der Waals surface area contributed by atoms with E-state index in [9.17, 15) is 0 Å². The fourth-order valence-electron chi connectivity index (χ4n) is 5.90. The smallest absolute Gasteiger partial charge is 0.161 e. The number of fused-ring (bicyclic) bond motifs is 2. The highest BCUT2D eigenvalue weighted by Gasteiger charge is 2.14. The second kappa shape index (κ2) is 11.0. The molecule has 0 aliphatic carbocycles. The number of hydrogen-bond acceptors (Lipinski definition) is 3. The van der Waals surface area contributed by atoms with E-state index in [0.29, 0.717) is 5.82 Å².